The zero-order valence-corrected chi connectivity index (χ0v) is 10.7. The molecule has 2 heterocycles. The van der Waals surface area contributed by atoms with Gasteiger partial charge in [0.1, 0.15) is 0 Å². The van der Waals surface area contributed by atoms with Crippen LogP contribution in [0.3, 0.4) is 0 Å². The van der Waals surface area contributed by atoms with Gasteiger partial charge in [0.25, 0.3) is 0 Å². The summed E-state index contributed by atoms with van der Waals surface area (Å²) in [6, 6.07) is 1.16. The Morgan fingerprint density at radius 2 is 2.00 bits per heavy atom. The molecular weight excluding hydrogens is 222 g/mol. The predicted octanol–water partition coefficient (Wildman–Crippen LogP) is 2.07. The van der Waals surface area contributed by atoms with Crippen LogP contribution in [-0.2, 0) is 4.79 Å². The van der Waals surface area contributed by atoms with E-state index in [0.29, 0.717) is 12.1 Å². The SMILES string of the molecule is CC1CC(C(=O)O)CCN1C1CCSCC1. The van der Waals surface area contributed by atoms with Gasteiger partial charge in [-0.25, -0.2) is 0 Å². The lowest BCUT2D eigenvalue weighted by Gasteiger charge is -2.42. The second kappa shape index (κ2) is 5.41. The van der Waals surface area contributed by atoms with Crippen LogP contribution in [0.4, 0.5) is 0 Å². The molecule has 2 rings (SSSR count). The van der Waals surface area contributed by atoms with Crippen molar-refractivity contribution in [2.45, 2.75) is 44.7 Å². The number of hydrogen-bond donors (Lipinski definition) is 1. The van der Waals surface area contributed by atoms with Crippen molar-refractivity contribution in [1.29, 1.82) is 0 Å². The Bertz CT molecular complexity index is 253. The van der Waals surface area contributed by atoms with Crippen LogP contribution in [0.15, 0.2) is 0 Å². The molecule has 0 aliphatic carbocycles. The number of carboxylic acid groups (broad SMARTS) is 1. The first-order valence-corrected chi connectivity index (χ1v) is 7.40. The molecule has 16 heavy (non-hydrogen) atoms. The molecule has 2 aliphatic rings. The average Bonchev–Trinajstić information content (AvgIpc) is 2.30. The monoisotopic (exact) mass is 243 g/mol. The van der Waals surface area contributed by atoms with E-state index >= 15 is 0 Å². The lowest BCUT2D eigenvalue weighted by molar-refractivity contribution is -0.144. The Labute approximate surface area is 102 Å². The number of carbonyl (C=O) groups is 1. The maximum atomic E-state index is 11.0. The third kappa shape index (κ3) is 2.72. The van der Waals surface area contributed by atoms with Gasteiger partial charge in [-0.05, 0) is 50.7 Å². The summed E-state index contributed by atoms with van der Waals surface area (Å²) in [5.74, 6) is 1.84. The molecule has 92 valence electrons. The van der Waals surface area contributed by atoms with E-state index in [2.05, 4.69) is 11.8 Å². The molecule has 3 nitrogen and oxygen atoms in total. The first kappa shape index (κ1) is 12.2. The number of rotatable bonds is 2. The maximum absolute atomic E-state index is 11.0. The van der Waals surface area contributed by atoms with Crippen molar-refractivity contribution >= 4 is 17.7 Å². The van der Waals surface area contributed by atoms with Crippen molar-refractivity contribution < 1.29 is 9.90 Å². The van der Waals surface area contributed by atoms with Crippen LogP contribution in [0.2, 0.25) is 0 Å². The first-order valence-electron chi connectivity index (χ1n) is 6.24. The minimum absolute atomic E-state index is 0.107. The molecule has 2 saturated heterocycles. The molecule has 0 amide bonds. The summed E-state index contributed by atoms with van der Waals surface area (Å²) in [5.41, 5.74) is 0. The van der Waals surface area contributed by atoms with Gasteiger partial charge in [-0.3, -0.25) is 9.69 Å². The van der Waals surface area contributed by atoms with Crippen molar-refractivity contribution in [3.63, 3.8) is 0 Å². The summed E-state index contributed by atoms with van der Waals surface area (Å²) < 4.78 is 0. The summed E-state index contributed by atoms with van der Waals surface area (Å²) in [6.07, 6.45) is 4.24. The van der Waals surface area contributed by atoms with Gasteiger partial charge < -0.3 is 5.11 Å². The Morgan fingerprint density at radius 1 is 1.31 bits per heavy atom. The lowest BCUT2D eigenvalue weighted by atomic mass is 9.90. The molecule has 0 saturated carbocycles. The van der Waals surface area contributed by atoms with E-state index in [1.54, 1.807) is 0 Å². The molecule has 0 radical (unpaired) electrons. The van der Waals surface area contributed by atoms with Crippen molar-refractivity contribution in [2.24, 2.45) is 5.92 Å². The summed E-state index contributed by atoms with van der Waals surface area (Å²) in [4.78, 5) is 13.5. The normalized spacial score (nSPS) is 33.8. The molecule has 2 fully saturated rings. The number of likely N-dealkylation sites (tertiary alicyclic amines) is 1. The highest BCUT2D eigenvalue weighted by molar-refractivity contribution is 7.99. The van der Waals surface area contributed by atoms with Gasteiger partial charge in [-0.2, -0.15) is 11.8 Å². The second-order valence-corrected chi connectivity index (χ2v) is 6.21. The number of aliphatic carboxylic acids is 1. The Morgan fingerprint density at radius 3 is 2.56 bits per heavy atom. The van der Waals surface area contributed by atoms with Crippen molar-refractivity contribution in [1.82, 2.24) is 4.90 Å². The summed E-state index contributed by atoms with van der Waals surface area (Å²) in [5, 5.41) is 9.03. The predicted molar refractivity (Wildman–Crippen MR) is 66.9 cm³/mol. The first-order chi connectivity index (χ1) is 7.68. The third-order valence-electron chi connectivity index (χ3n) is 3.94. The van der Waals surface area contributed by atoms with E-state index in [1.165, 1.54) is 24.3 Å². The van der Waals surface area contributed by atoms with E-state index in [0.717, 1.165) is 19.4 Å². The number of thioether (sulfide) groups is 1. The van der Waals surface area contributed by atoms with Gasteiger partial charge in [0.2, 0.25) is 0 Å². The minimum Gasteiger partial charge on any atom is -0.481 e. The fraction of sp³-hybridized carbons (Fsp3) is 0.917. The highest BCUT2D eigenvalue weighted by atomic mass is 32.2. The quantitative estimate of drug-likeness (QED) is 0.806. The molecule has 0 bridgehead atoms. The van der Waals surface area contributed by atoms with Gasteiger partial charge >= 0.3 is 5.97 Å². The van der Waals surface area contributed by atoms with Crippen LogP contribution in [0, 0.1) is 5.92 Å². The summed E-state index contributed by atoms with van der Waals surface area (Å²) >= 11 is 2.05. The average molecular weight is 243 g/mol. The van der Waals surface area contributed by atoms with Crippen LogP contribution < -0.4 is 0 Å². The standard InChI is InChI=1S/C12H21NO2S/c1-9-8-10(12(14)15)2-5-13(9)11-3-6-16-7-4-11/h9-11H,2-8H2,1H3,(H,14,15). The van der Waals surface area contributed by atoms with Gasteiger partial charge in [0.15, 0.2) is 0 Å². The highest BCUT2D eigenvalue weighted by Gasteiger charge is 2.33. The van der Waals surface area contributed by atoms with Gasteiger partial charge in [0.05, 0.1) is 5.92 Å². The number of nitrogens with zero attached hydrogens (tertiary/aromatic N) is 1. The number of piperidine rings is 1. The van der Waals surface area contributed by atoms with Crippen LogP contribution >= 0.6 is 11.8 Å². The summed E-state index contributed by atoms with van der Waals surface area (Å²) in [7, 11) is 0. The van der Waals surface area contributed by atoms with Crippen LogP contribution in [0.1, 0.15) is 32.6 Å². The molecule has 2 aliphatic heterocycles. The molecule has 0 aromatic rings. The zero-order chi connectivity index (χ0) is 11.5. The van der Waals surface area contributed by atoms with Crippen molar-refractivity contribution in [3.05, 3.63) is 0 Å². The van der Waals surface area contributed by atoms with Gasteiger partial charge in [-0.15, -0.1) is 0 Å². The van der Waals surface area contributed by atoms with E-state index in [-0.39, 0.29) is 5.92 Å². The Kier molecular flexibility index (Phi) is 4.14. The van der Waals surface area contributed by atoms with Crippen molar-refractivity contribution in [3.8, 4) is 0 Å². The highest BCUT2D eigenvalue weighted by Crippen LogP contribution is 2.30. The minimum atomic E-state index is -0.606. The van der Waals surface area contributed by atoms with E-state index in [9.17, 15) is 4.79 Å². The molecule has 4 heteroatoms. The maximum Gasteiger partial charge on any atom is 0.306 e. The fourth-order valence-corrected chi connectivity index (χ4v) is 4.06. The van der Waals surface area contributed by atoms with Crippen LogP contribution in [0.25, 0.3) is 0 Å². The van der Waals surface area contributed by atoms with Crippen LogP contribution in [0.5, 0.6) is 0 Å². The molecular formula is C12H21NO2S. The van der Waals surface area contributed by atoms with E-state index in [4.69, 9.17) is 5.11 Å². The largest absolute Gasteiger partial charge is 0.481 e. The van der Waals surface area contributed by atoms with E-state index in [1.807, 2.05) is 11.8 Å². The number of carboxylic acids is 1. The topological polar surface area (TPSA) is 40.5 Å². The fourth-order valence-electron chi connectivity index (χ4n) is 2.97. The smallest absolute Gasteiger partial charge is 0.306 e. The zero-order valence-electron chi connectivity index (χ0n) is 9.89. The molecule has 2 atom stereocenters. The lowest BCUT2D eigenvalue weighted by Crippen LogP contribution is -2.49. The van der Waals surface area contributed by atoms with Crippen LogP contribution in [-0.4, -0.2) is 46.1 Å². The number of hydrogen-bond acceptors (Lipinski definition) is 3. The van der Waals surface area contributed by atoms with E-state index < -0.39 is 5.97 Å². The molecule has 0 aromatic carbocycles. The third-order valence-corrected chi connectivity index (χ3v) is 4.99. The Hall–Kier alpha value is -0.220. The van der Waals surface area contributed by atoms with Gasteiger partial charge in [-0.1, -0.05) is 0 Å². The molecule has 2 unspecified atom stereocenters. The Balaban J connectivity index is 1.90. The van der Waals surface area contributed by atoms with Gasteiger partial charge in [0, 0.05) is 12.1 Å². The second-order valence-electron chi connectivity index (χ2n) is 4.99. The van der Waals surface area contributed by atoms with Crippen molar-refractivity contribution in [2.75, 3.05) is 18.1 Å². The summed E-state index contributed by atoms with van der Waals surface area (Å²) in [6.45, 7) is 3.17. The molecule has 1 N–H and O–H groups in total. The molecule has 0 aromatic heterocycles. The molecule has 0 spiro atoms.